The normalized spacial score (nSPS) is 16.7. The van der Waals surface area contributed by atoms with E-state index in [0.29, 0.717) is 12.5 Å². The van der Waals surface area contributed by atoms with Crippen molar-refractivity contribution in [1.29, 1.82) is 0 Å². The van der Waals surface area contributed by atoms with Crippen molar-refractivity contribution in [2.24, 2.45) is 5.92 Å². The summed E-state index contributed by atoms with van der Waals surface area (Å²) in [6, 6.07) is 0. The van der Waals surface area contributed by atoms with Crippen LogP contribution in [0.2, 0.25) is 0 Å². The van der Waals surface area contributed by atoms with Gasteiger partial charge in [0, 0.05) is 17.9 Å². The standard InChI is InChI=1S/C14H22N2OS/c1-4-17-12(9(2)3)13-15-11-8-6-5-7-10(11)14(18)16-13/h9,12H,4-8H2,1-3H3,(H,15,16,18). The van der Waals surface area contributed by atoms with Crippen molar-refractivity contribution in [3.05, 3.63) is 21.7 Å². The van der Waals surface area contributed by atoms with E-state index < -0.39 is 0 Å². The summed E-state index contributed by atoms with van der Waals surface area (Å²) >= 11 is 5.43. The van der Waals surface area contributed by atoms with Gasteiger partial charge in [0.1, 0.15) is 16.6 Å². The molecule has 3 nitrogen and oxygen atoms in total. The smallest absolute Gasteiger partial charge is 0.137 e. The van der Waals surface area contributed by atoms with Crippen LogP contribution in [0, 0.1) is 10.6 Å². The highest BCUT2D eigenvalue weighted by Crippen LogP contribution is 2.26. The summed E-state index contributed by atoms with van der Waals surface area (Å²) in [5.41, 5.74) is 2.53. The first-order valence-electron chi connectivity index (χ1n) is 6.87. The molecule has 1 aromatic heterocycles. The van der Waals surface area contributed by atoms with E-state index in [4.69, 9.17) is 17.0 Å². The number of aromatic amines is 1. The van der Waals surface area contributed by atoms with E-state index in [-0.39, 0.29) is 6.10 Å². The van der Waals surface area contributed by atoms with Gasteiger partial charge < -0.3 is 9.72 Å². The number of nitrogens with zero attached hydrogens (tertiary/aromatic N) is 1. The van der Waals surface area contributed by atoms with Crippen molar-refractivity contribution in [3.8, 4) is 0 Å². The van der Waals surface area contributed by atoms with Crippen molar-refractivity contribution in [2.45, 2.75) is 52.6 Å². The van der Waals surface area contributed by atoms with Crippen LogP contribution in [-0.2, 0) is 17.6 Å². The van der Waals surface area contributed by atoms with Gasteiger partial charge in [0.2, 0.25) is 0 Å². The van der Waals surface area contributed by atoms with Gasteiger partial charge in [-0.1, -0.05) is 26.1 Å². The van der Waals surface area contributed by atoms with Crippen LogP contribution in [0.4, 0.5) is 0 Å². The maximum atomic E-state index is 5.80. The van der Waals surface area contributed by atoms with Crippen LogP contribution >= 0.6 is 12.2 Å². The summed E-state index contributed by atoms with van der Waals surface area (Å²) in [7, 11) is 0. The number of hydrogen-bond donors (Lipinski definition) is 1. The van der Waals surface area contributed by atoms with E-state index in [1.807, 2.05) is 6.92 Å². The van der Waals surface area contributed by atoms with Crippen LogP contribution in [0.25, 0.3) is 0 Å². The Morgan fingerprint density at radius 2 is 2.06 bits per heavy atom. The Bertz CT molecular complexity index is 467. The molecule has 2 rings (SSSR count). The van der Waals surface area contributed by atoms with E-state index in [9.17, 15) is 0 Å². The van der Waals surface area contributed by atoms with Crippen LogP contribution in [0.5, 0.6) is 0 Å². The molecule has 0 bridgehead atoms. The molecule has 0 amide bonds. The third-order valence-electron chi connectivity index (χ3n) is 3.45. The van der Waals surface area contributed by atoms with Gasteiger partial charge in [0.15, 0.2) is 0 Å². The van der Waals surface area contributed by atoms with Crippen molar-refractivity contribution < 1.29 is 4.74 Å². The average molecular weight is 266 g/mol. The SMILES string of the molecule is CCOC(c1nc(=S)c2c([nH]1)CCCC2)C(C)C. The molecule has 0 aliphatic heterocycles. The number of hydrogen-bond acceptors (Lipinski definition) is 3. The molecule has 0 radical (unpaired) electrons. The summed E-state index contributed by atoms with van der Waals surface area (Å²) < 4.78 is 6.56. The second-order valence-corrected chi connectivity index (χ2v) is 5.60. The van der Waals surface area contributed by atoms with E-state index in [1.165, 1.54) is 24.1 Å². The summed E-state index contributed by atoms with van der Waals surface area (Å²) in [6.07, 6.45) is 4.64. The maximum Gasteiger partial charge on any atom is 0.137 e. The largest absolute Gasteiger partial charge is 0.370 e. The monoisotopic (exact) mass is 266 g/mol. The zero-order chi connectivity index (χ0) is 13.1. The summed E-state index contributed by atoms with van der Waals surface area (Å²) in [4.78, 5) is 8.03. The molecular weight excluding hydrogens is 244 g/mol. The van der Waals surface area contributed by atoms with E-state index >= 15 is 0 Å². The summed E-state index contributed by atoms with van der Waals surface area (Å²) in [5.74, 6) is 1.29. The highest BCUT2D eigenvalue weighted by atomic mass is 32.1. The fourth-order valence-corrected chi connectivity index (χ4v) is 2.86. The molecule has 0 saturated heterocycles. The second-order valence-electron chi connectivity index (χ2n) is 5.21. The Labute approximate surface area is 114 Å². The third-order valence-corrected chi connectivity index (χ3v) is 3.79. The Hall–Kier alpha value is -0.740. The number of fused-ring (bicyclic) bond motifs is 1. The van der Waals surface area contributed by atoms with Gasteiger partial charge in [-0.3, -0.25) is 0 Å². The maximum absolute atomic E-state index is 5.80. The third kappa shape index (κ3) is 2.81. The first-order chi connectivity index (χ1) is 8.63. The molecule has 0 fully saturated rings. The summed E-state index contributed by atoms with van der Waals surface area (Å²) in [5, 5.41) is 0. The first kappa shape index (κ1) is 13.7. The molecule has 0 spiro atoms. The van der Waals surface area contributed by atoms with Gasteiger partial charge >= 0.3 is 0 Å². The van der Waals surface area contributed by atoms with Gasteiger partial charge in [-0.05, 0) is 38.5 Å². The number of aromatic nitrogens is 2. The van der Waals surface area contributed by atoms with Gasteiger partial charge in [-0.15, -0.1) is 0 Å². The fraction of sp³-hybridized carbons (Fsp3) is 0.714. The molecule has 1 aliphatic carbocycles. The van der Waals surface area contributed by atoms with Crippen LogP contribution in [0.3, 0.4) is 0 Å². The number of nitrogens with one attached hydrogen (secondary N) is 1. The number of H-pyrrole nitrogens is 1. The molecule has 1 unspecified atom stereocenters. The van der Waals surface area contributed by atoms with E-state index in [1.54, 1.807) is 0 Å². The predicted octanol–water partition coefficient (Wildman–Crippen LogP) is 3.75. The lowest BCUT2D eigenvalue weighted by molar-refractivity contribution is 0.0229. The number of rotatable bonds is 4. The molecule has 1 N–H and O–H groups in total. The van der Waals surface area contributed by atoms with Gasteiger partial charge in [-0.2, -0.15) is 0 Å². The molecule has 4 heteroatoms. The molecule has 0 saturated carbocycles. The van der Waals surface area contributed by atoms with Crippen LogP contribution in [0.15, 0.2) is 0 Å². The van der Waals surface area contributed by atoms with Gasteiger partial charge in [-0.25, -0.2) is 4.98 Å². The molecule has 100 valence electrons. The fourth-order valence-electron chi connectivity index (χ4n) is 2.54. The Kier molecular flexibility index (Phi) is 4.51. The van der Waals surface area contributed by atoms with Gasteiger partial charge in [0.25, 0.3) is 0 Å². The lowest BCUT2D eigenvalue weighted by Crippen LogP contribution is -2.18. The Balaban J connectivity index is 2.39. The van der Waals surface area contributed by atoms with Crippen molar-refractivity contribution in [3.63, 3.8) is 0 Å². The Morgan fingerprint density at radius 3 is 2.72 bits per heavy atom. The molecular formula is C14H22N2OS. The molecule has 0 aromatic carbocycles. The number of ether oxygens (including phenoxy) is 1. The van der Waals surface area contributed by atoms with E-state index in [0.717, 1.165) is 23.3 Å². The van der Waals surface area contributed by atoms with Crippen molar-refractivity contribution >= 4 is 12.2 Å². The van der Waals surface area contributed by atoms with Crippen molar-refractivity contribution in [2.75, 3.05) is 6.61 Å². The zero-order valence-corrected chi connectivity index (χ0v) is 12.3. The molecule has 1 aromatic rings. The first-order valence-corrected chi connectivity index (χ1v) is 7.27. The molecule has 1 heterocycles. The average Bonchev–Trinajstić information content (AvgIpc) is 2.35. The van der Waals surface area contributed by atoms with Gasteiger partial charge in [0.05, 0.1) is 0 Å². The number of aryl methyl sites for hydroxylation is 1. The minimum absolute atomic E-state index is 0.0175. The zero-order valence-electron chi connectivity index (χ0n) is 11.5. The highest BCUT2D eigenvalue weighted by Gasteiger charge is 2.21. The second kappa shape index (κ2) is 5.93. The van der Waals surface area contributed by atoms with Crippen LogP contribution < -0.4 is 0 Å². The molecule has 18 heavy (non-hydrogen) atoms. The minimum Gasteiger partial charge on any atom is -0.370 e. The minimum atomic E-state index is 0.0175. The lowest BCUT2D eigenvalue weighted by atomic mass is 9.97. The molecule has 1 aliphatic rings. The van der Waals surface area contributed by atoms with Crippen LogP contribution in [-0.4, -0.2) is 16.6 Å². The Morgan fingerprint density at radius 1 is 1.33 bits per heavy atom. The topological polar surface area (TPSA) is 37.9 Å². The van der Waals surface area contributed by atoms with Crippen LogP contribution in [0.1, 0.15) is 56.8 Å². The summed E-state index contributed by atoms with van der Waals surface area (Å²) in [6.45, 7) is 7.02. The van der Waals surface area contributed by atoms with E-state index in [2.05, 4.69) is 23.8 Å². The van der Waals surface area contributed by atoms with Crippen molar-refractivity contribution in [1.82, 2.24) is 9.97 Å². The predicted molar refractivity (Wildman–Crippen MR) is 75.3 cm³/mol. The quantitative estimate of drug-likeness (QED) is 0.843. The molecule has 1 atom stereocenters. The lowest BCUT2D eigenvalue weighted by Gasteiger charge is -2.23. The highest BCUT2D eigenvalue weighted by molar-refractivity contribution is 7.71.